The van der Waals surface area contributed by atoms with E-state index >= 15 is 0 Å². The van der Waals surface area contributed by atoms with Gasteiger partial charge in [0.05, 0.1) is 16.9 Å². The van der Waals surface area contributed by atoms with Gasteiger partial charge < -0.3 is 15.6 Å². The summed E-state index contributed by atoms with van der Waals surface area (Å²) in [6.07, 6.45) is 3.94. The van der Waals surface area contributed by atoms with Gasteiger partial charge in [-0.1, -0.05) is 12.1 Å². The van der Waals surface area contributed by atoms with Gasteiger partial charge in [-0.05, 0) is 37.5 Å². The molecule has 3 rings (SSSR count). The van der Waals surface area contributed by atoms with Crippen molar-refractivity contribution in [2.75, 3.05) is 11.1 Å². The van der Waals surface area contributed by atoms with E-state index in [9.17, 15) is 10.1 Å². The summed E-state index contributed by atoms with van der Waals surface area (Å²) in [5.41, 5.74) is 8.79. The molecule has 1 fully saturated rings. The number of carbonyl (C=O) groups is 1. The zero-order valence-corrected chi connectivity index (χ0v) is 11.8. The third kappa shape index (κ3) is 2.48. The highest BCUT2D eigenvalue weighted by Crippen LogP contribution is 2.37. The molecule has 1 aromatic carbocycles. The zero-order chi connectivity index (χ0) is 15.0. The topological polar surface area (TPSA) is 83.8 Å². The summed E-state index contributed by atoms with van der Waals surface area (Å²) in [5, 5.41) is 12.0. The smallest absolute Gasteiger partial charge is 0.272 e. The number of benzene rings is 1. The number of hydrogen-bond donors (Lipinski definition) is 2. The normalized spacial score (nSPS) is 13.7. The number of rotatable bonds is 3. The van der Waals surface area contributed by atoms with Crippen molar-refractivity contribution < 1.29 is 4.79 Å². The maximum absolute atomic E-state index is 12.5. The molecule has 0 bridgehead atoms. The number of carbonyl (C=O) groups excluding carboxylic acids is 1. The summed E-state index contributed by atoms with van der Waals surface area (Å²) in [7, 11) is 0. The standard InChI is InChI=1S/C16H16N4O/c1-10-3-2-4-14(13(10)8-17)19-16(21)15-7-11(18)9-20(15)12-5-6-12/h2-4,7,9,12H,5-6,18H2,1H3,(H,19,21). The Morgan fingerprint density at radius 1 is 1.48 bits per heavy atom. The minimum Gasteiger partial charge on any atom is -0.397 e. The fraction of sp³-hybridized carbons (Fsp3) is 0.250. The van der Waals surface area contributed by atoms with Gasteiger partial charge in [0.25, 0.3) is 5.91 Å². The summed E-state index contributed by atoms with van der Waals surface area (Å²) in [6, 6.07) is 9.58. The first-order valence-corrected chi connectivity index (χ1v) is 6.88. The van der Waals surface area contributed by atoms with Crippen molar-refractivity contribution in [3.8, 4) is 6.07 Å². The maximum atomic E-state index is 12.5. The van der Waals surface area contributed by atoms with E-state index in [1.807, 2.05) is 23.6 Å². The lowest BCUT2D eigenvalue weighted by Gasteiger charge is -2.10. The quantitative estimate of drug-likeness (QED) is 0.906. The summed E-state index contributed by atoms with van der Waals surface area (Å²) < 4.78 is 1.92. The van der Waals surface area contributed by atoms with Crippen LogP contribution in [0.4, 0.5) is 11.4 Å². The molecule has 106 valence electrons. The Kier molecular flexibility index (Phi) is 3.15. The first kappa shape index (κ1) is 13.3. The molecule has 0 saturated heterocycles. The molecule has 3 N–H and O–H groups in total. The SMILES string of the molecule is Cc1cccc(NC(=O)c2cc(N)cn2C2CC2)c1C#N. The number of nitrogens with two attached hydrogens (primary N) is 1. The van der Waals surface area contributed by atoms with E-state index in [4.69, 9.17) is 5.73 Å². The maximum Gasteiger partial charge on any atom is 0.272 e. The van der Waals surface area contributed by atoms with Gasteiger partial charge in [0.15, 0.2) is 0 Å². The number of aryl methyl sites for hydroxylation is 1. The highest BCUT2D eigenvalue weighted by Gasteiger charge is 2.28. The van der Waals surface area contributed by atoms with Crippen molar-refractivity contribution in [2.45, 2.75) is 25.8 Å². The van der Waals surface area contributed by atoms with Crippen LogP contribution in [0.3, 0.4) is 0 Å². The summed E-state index contributed by atoms with van der Waals surface area (Å²) in [6.45, 7) is 1.85. The number of nitriles is 1. The van der Waals surface area contributed by atoms with Crippen LogP contribution in [0, 0.1) is 18.3 Å². The molecule has 21 heavy (non-hydrogen) atoms. The summed E-state index contributed by atoms with van der Waals surface area (Å²) in [4.78, 5) is 12.5. The first-order valence-electron chi connectivity index (χ1n) is 6.88. The first-order chi connectivity index (χ1) is 10.1. The van der Waals surface area contributed by atoms with Crippen LogP contribution in [-0.4, -0.2) is 10.5 Å². The number of anilines is 2. The average molecular weight is 280 g/mol. The third-order valence-corrected chi connectivity index (χ3v) is 3.68. The summed E-state index contributed by atoms with van der Waals surface area (Å²) in [5.74, 6) is -0.235. The second kappa shape index (κ2) is 4.98. The Morgan fingerprint density at radius 3 is 2.90 bits per heavy atom. The zero-order valence-electron chi connectivity index (χ0n) is 11.8. The van der Waals surface area contributed by atoms with Crippen molar-refractivity contribution in [1.29, 1.82) is 5.26 Å². The van der Waals surface area contributed by atoms with E-state index in [1.165, 1.54) is 0 Å². The molecule has 0 unspecified atom stereocenters. The van der Waals surface area contributed by atoms with Crippen LogP contribution in [0.5, 0.6) is 0 Å². The molecular weight excluding hydrogens is 264 g/mol. The van der Waals surface area contributed by atoms with Crippen LogP contribution < -0.4 is 11.1 Å². The number of nitrogens with one attached hydrogen (secondary N) is 1. The predicted molar refractivity (Wildman–Crippen MR) is 81.0 cm³/mol. The molecular formula is C16H16N4O. The van der Waals surface area contributed by atoms with Crippen LogP contribution in [0.2, 0.25) is 0 Å². The predicted octanol–water partition coefficient (Wildman–Crippen LogP) is 2.84. The van der Waals surface area contributed by atoms with Crippen LogP contribution in [0.15, 0.2) is 30.5 Å². The number of nitrogen functional groups attached to an aromatic ring is 1. The molecule has 0 atom stereocenters. The molecule has 0 spiro atoms. The van der Waals surface area contributed by atoms with Gasteiger partial charge in [-0.25, -0.2) is 0 Å². The Labute approximate surface area is 123 Å². The van der Waals surface area contributed by atoms with E-state index in [-0.39, 0.29) is 5.91 Å². The van der Waals surface area contributed by atoms with E-state index in [0.717, 1.165) is 18.4 Å². The van der Waals surface area contributed by atoms with Crippen molar-refractivity contribution in [1.82, 2.24) is 4.57 Å². The van der Waals surface area contributed by atoms with E-state index in [2.05, 4.69) is 11.4 Å². The van der Waals surface area contributed by atoms with Crippen molar-refractivity contribution in [3.05, 3.63) is 47.3 Å². The van der Waals surface area contributed by atoms with Gasteiger partial charge in [0, 0.05) is 12.2 Å². The van der Waals surface area contributed by atoms with Crippen LogP contribution in [0.1, 0.15) is 40.5 Å². The molecule has 1 amide bonds. The Balaban J connectivity index is 1.91. The highest BCUT2D eigenvalue weighted by molar-refractivity contribution is 6.04. The lowest BCUT2D eigenvalue weighted by Crippen LogP contribution is -2.17. The molecule has 1 aliphatic carbocycles. The lowest BCUT2D eigenvalue weighted by atomic mass is 10.1. The second-order valence-corrected chi connectivity index (χ2v) is 5.36. The van der Waals surface area contributed by atoms with Gasteiger partial charge in [-0.15, -0.1) is 0 Å². The van der Waals surface area contributed by atoms with Gasteiger partial charge in [0.2, 0.25) is 0 Å². The fourth-order valence-corrected chi connectivity index (χ4v) is 2.44. The molecule has 1 saturated carbocycles. The summed E-state index contributed by atoms with van der Waals surface area (Å²) >= 11 is 0. The fourth-order valence-electron chi connectivity index (χ4n) is 2.44. The minimum absolute atomic E-state index is 0.235. The molecule has 5 nitrogen and oxygen atoms in total. The number of aromatic nitrogens is 1. The molecule has 1 aromatic heterocycles. The Morgan fingerprint density at radius 2 is 2.24 bits per heavy atom. The molecule has 0 aliphatic heterocycles. The molecule has 1 heterocycles. The average Bonchev–Trinajstić information content (AvgIpc) is 3.21. The Bertz CT molecular complexity index is 750. The molecule has 1 aliphatic rings. The Hall–Kier alpha value is -2.74. The molecule has 0 radical (unpaired) electrons. The monoisotopic (exact) mass is 280 g/mol. The van der Waals surface area contributed by atoms with Gasteiger partial charge in [-0.2, -0.15) is 5.26 Å². The van der Waals surface area contributed by atoms with E-state index in [0.29, 0.717) is 28.7 Å². The highest BCUT2D eigenvalue weighted by atomic mass is 16.2. The second-order valence-electron chi connectivity index (χ2n) is 5.36. The van der Waals surface area contributed by atoms with Crippen molar-refractivity contribution in [3.63, 3.8) is 0 Å². The van der Waals surface area contributed by atoms with Crippen LogP contribution >= 0.6 is 0 Å². The third-order valence-electron chi connectivity index (χ3n) is 3.68. The van der Waals surface area contributed by atoms with Gasteiger partial charge in [0.1, 0.15) is 11.8 Å². The van der Waals surface area contributed by atoms with E-state index < -0.39 is 0 Å². The van der Waals surface area contributed by atoms with Crippen molar-refractivity contribution >= 4 is 17.3 Å². The van der Waals surface area contributed by atoms with Crippen molar-refractivity contribution in [2.24, 2.45) is 0 Å². The van der Waals surface area contributed by atoms with Gasteiger partial charge >= 0.3 is 0 Å². The number of nitrogens with zero attached hydrogens (tertiary/aromatic N) is 2. The lowest BCUT2D eigenvalue weighted by molar-refractivity contribution is 0.101. The van der Waals surface area contributed by atoms with Crippen LogP contribution in [0.25, 0.3) is 0 Å². The number of hydrogen-bond acceptors (Lipinski definition) is 3. The molecule has 5 heteroatoms. The number of amides is 1. The van der Waals surface area contributed by atoms with E-state index in [1.54, 1.807) is 18.3 Å². The molecule has 2 aromatic rings. The van der Waals surface area contributed by atoms with Crippen LogP contribution in [-0.2, 0) is 0 Å². The largest absolute Gasteiger partial charge is 0.397 e. The minimum atomic E-state index is -0.235. The van der Waals surface area contributed by atoms with Gasteiger partial charge in [-0.3, -0.25) is 4.79 Å².